The Labute approximate surface area is 124 Å². The van der Waals surface area contributed by atoms with Crippen LogP contribution in [0.2, 0.25) is 0 Å². The number of nitrogens with zero attached hydrogens (tertiary/aromatic N) is 4. The minimum absolute atomic E-state index is 0.0711. The molecule has 0 saturated carbocycles. The van der Waals surface area contributed by atoms with Crippen molar-refractivity contribution in [3.05, 3.63) is 24.7 Å². The van der Waals surface area contributed by atoms with Gasteiger partial charge >= 0.3 is 0 Å². The highest BCUT2D eigenvalue weighted by Gasteiger charge is 2.50. The summed E-state index contributed by atoms with van der Waals surface area (Å²) in [6.07, 6.45) is 3.47. The zero-order valence-electron chi connectivity index (χ0n) is 12.0. The quantitative estimate of drug-likeness (QED) is 0.793. The number of rotatable bonds is 2. The Morgan fingerprint density at radius 3 is 2.86 bits per heavy atom. The molecule has 116 valence electrons. The Kier molecular flexibility index (Phi) is 2.82. The van der Waals surface area contributed by atoms with Gasteiger partial charge in [0, 0.05) is 5.92 Å². The summed E-state index contributed by atoms with van der Waals surface area (Å²) in [5.41, 5.74) is 1.06. The van der Waals surface area contributed by atoms with Crippen molar-refractivity contribution in [2.75, 3.05) is 6.67 Å². The molecule has 2 aromatic heterocycles. The van der Waals surface area contributed by atoms with Gasteiger partial charge in [-0.1, -0.05) is 6.08 Å². The molecule has 0 bridgehead atoms. The van der Waals surface area contributed by atoms with Crippen LogP contribution in [0.15, 0.2) is 18.7 Å². The average Bonchev–Trinajstić information content (AvgIpc) is 3.10. The first-order valence-corrected chi connectivity index (χ1v) is 6.97. The Hall–Kier alpha value is -1.93. The predicted octanol–water partition coefficient (Wildman–Crippen LogP) is 1.93. The smallest absolute Gasteiger partial charge is 0.244 e. The maximum absolute atomic E-state index is 13.7. The van der Waals surface area contributed by atoms with Crippen molar-refractivity contribution in [1.29, 1.82) is 0 Å². The van der Waals surface area contributed by atoms with Crippen LogP contribution in [0.3, 0.4) is 0 Å². The molecule has 0 radical (unpaired) electrons. The lowest BCUT2D eigenvalue weighted by molar-refractivity contribution is -0.147. The first-order valence-electron chi connectivity index (χ1n) is 6.97. The molecule has 1 fully saturated rings. The molecule has 8 heteroatoms. The second-order valence-electron chi connectivity index (χ2n) is 5.88. The Morgan fingerprint density at radius 2 is 2.09 bits per heavy atom. The maximum Gasteiger partial charge on any atom is 0.244 e. The fourth-order valence-electron chi connectivity index (χ4n) is 3.08. The lowest BCUT2D eigenvalue weighted by atomic mass is 10.1. The normalized spacial score (nSPS) is 29.8. The molecule has 0 unspecified atom stereocenters. The van der Waals surface area contributed by atoms with Crippen molar-refractivity contribution < 1.29 is 18.3 Å². The maximum atomic E-state index is 13.7. The first-order chi connectivity index (χ1) is 10.5. The van der Waals surface area contributed by atoms with Gasteiger partial charge in [-0.25, -0.2) is 15.0 Å². The summed E-state index contributed by atoms with van der Waals surface area (Å²) in [5.74, 6) is -1.89. The van der Waals surface area contributed by atoms with Crippen LogP contribution in [0.1, 0.15) is 13.8 Å². The number of hydrogen-bond acceptors (Lipinski definition) is 5. The highest BCUT2D eigenvalue weighted by atomic mass is 19.1. The van der Waals surface area contributed by atoms with Gasteiger partial charge in [0.05, 0.1) is 12.4 Å². The van der Waals surface area contributed by atoms with E-state index in [4.69, 9.17) is 9.47 Å². The molecule has 0 aromatic carbocycles. The molecule has 0 spiro atoms. The third kappa shape index (κ3) is 1.87. The molecule has 22 heavy (non-hydrogen) atoms. The van der Waals surface area contributed by atoms with Gasteiger partial charge in [0.1, 0.15) is 24.9 Å². The highest BCUT2D eigenvalue weighted by Crippen LogP contribution is 2.43. The summed E-state index contributed by atoms with van der Waals surface area (Å²) in [4.78, 5) is 11.5. The molecule has 3 heterocycles. The Balaban J connectivity index is 1.82. The SMILES string of the molecule is CC1(C)O[C@@H]2[C@@H](CF)C=C(n3cnc4c(F)ncnc43)[C@@H]2O1. The second kappa shape index (κ2) is 4.53. The average molecular weight is 308 g/mol. The lowest BCUT2D eigenvalue weighted by Crippen LogP contribution is -2.27. The van der Waals surface area contributed by atoms with E-state index < -0.39 is 36.5 Å². The van der Waals surface area contributed by atoms with Crippen LogP contribution in [0.4, 0.5) is 8.78 Å². The molecule has 1 aliphatic heterocycles. The van der Waals surface area contributed by atoms with E-state index in [0.29, 0.717) is 11.3 Å². The van der Waals surface area contributed by atoms with Gasteiger partial charge in [-0.05, 0) is 13.8 Å². The van der Waals surface area contributed by atoms with Crippen LogP contribution >= 0.6 is 0 Å². The summed E-state index contributed by atoms with van der Waals surface area (Å²) in [5, 5.41) is 0. The molecule has 3 atom stereocenters. The zero-order chi connectivity index (χ0) is 15.5. The summed E-state index contributed by atoms with van der Waals surface area (Å²) in [6, 6.07) is 0. The van der Waals surface area contributed by atoms with Crippen molar-refractivity contribution in [1.82, 2.24) is 19.5 Å². The van der Waals surface area contributed by atoms with Crippen molar-refractivity contribution in [3.63, 3.8) is 0 Å². The van der Waals surface area contributed by atoms with E-state index in [-0.39, 0.29) is 5.52 Å². The van der Waals surface area contributed by atoms with Crippen molar-refractivity contribution >= 4 is 16.9 Å². The van der Waals surface area contributed by atoms with Crippen molar-refractivity contribution in [2.45, 2.75) is 31.8 Å². The zero-order valence-corrected chi connectivity index (χ0v) is 12.0. The van der Waals surface area contributed by atoms with E-state index in [1.54, 1.807) is 24.5 Å². The summed E-state index contributed by atoms with van der Waals surface area (Å²) < 4.78 is 40.2. The minimum Gasteiger partial charge on any atom is -0.343 e. The van der Waals surface area contributed by atoms with Gasteiger partial charge in [-0.15, -0.1) is 0 Å². The van der Waals surface area contributed by atoms with Gasteiger partial charge in [-0.3, -0.25) is 8.96 Å². The van der Waals surface area contributed by atoms with Crippen LogP contribution < -0.4 is 0 Å². The Bertz CT molecular complexity index is 773. The molecule has 1 aliphatic carbocycles. The first kappa shape index (κ1) is 13.7. The van der Waals surface area contributed by atoms with Gasteiger partial charge in [0.15, 0.2) is 17.0 Å². The lowest BCUT2D eigenvalue weighted by Gasteiger charge is -2.19. The second-order valence-corrected chi connectivity index (χ2v) is 5.88. The Morgan fingerprint density at radius 1 is 1.27 bits per heavy atom. The number of alkyl halides is 1. The van der Waals surface area contributed by atoms with Crippen LogP contribution in [0.25, 0.3) is 16.9 Å². The van der Waals surface area contributed by atoms with Gasteiger partial charge in [0.25, 0.3) is 0 Å². The predicted molar refractivity (Wildman–Crippen MR) is 72.8 cm³/mol. The third-order valence-corrected chi connectivity index (χ3v) is 3.97. The largest absolute Gasteiger partial charge is 0.343 e. The highest BCUT2D eigenvalue weighted by molar-refractivity contribution is 5.76. The molecule has 0 amide bonds. The number of fused-ring (bicyclic) bond motifs is 2. The van der Waals surface area contributed by atoms with Crippen LogP contribution in [0, 0.1) is 11.9 Å². The molecule has 2 aliphatic rings. The van der Waals surface area contributed by atoms with Crippen LogP contribution in [-0.4, -0.2) is 44.2 Å². The van der Waals surface area contributed by atoms with Gasteiger partial charge in [0.2, 0.25) is 5.95 Å². The summed E-state index contributed by atoms with van der Waals surface area (Å²) in [6.45, 7) is 3.01. The van der Waals surface area contributed by atoms with E-state index >= 15 is 0 Å². The van der Waals surface area contributed by atoms with E-state index in [2.05, 4.69) is 15.0 Å². The number of aromatic nitrogens is 4. The number of ether oxygens (including phenoxy) is 2. The molecular weight excluding hydrogens is 294 g/mol. The third-order valence-electron chi connectivity index (χ3n) is 3.97. The van der Waals surface area contributed by atoms with E-state index in [1.165, 1.54) is 6.33 Å². The van der Waals surface area contributed by atoms with Crippen molar-refractivity contribution in [3.8, 4) is 0 Å². The number of hydrogen-bond donors (Lipinski definition) is 0. The van der Waals surface area contributed by atoms with Crippen molar-refractivity contribution in [2.24, 2.45) is 5.92 Å². The van der Waals surface area contributed by atoms with E-state index in [0.717, 1.165) is 6.33 Å². The minimum atomic E-state index is -0.793. The topological polar surface area (TPSA) is 62.1 Å². The molecule has 2 aromatic rings. The van der Waals surface area contributed by atoms with Gasteiger partial charge < -0.3 is 9.47 Å². The molecule has 0 N–H and O–H groups in total. The monoisotopic (exact) mass is 308 g/mol. The molecule has 4 rings (SSSR count). The van der Waals surface area contributed by atoms with E-state index in [9.17, 15) is 8.78 Å². The van der Waals surface area contributed by atoms with Gasteiger partial charge in [-0.2, -0.15) is 4.39 Å². The molecule has 1 saturated heterocycles. The molecule has 6 nitrogen and oxygen atoms in total. The number of halogens is 2. The number of imidazole rings is 1. The standard InChI is InChI=1S/C14H14F2N4O2/c1-14(2)21-10-7(4-15)3-8(11(10)22-14)20-6-19-9-12(16)17-5-18-13(9)20/h3,5-7,10-11H,4H2,1-2H3/t7-,10-,11+/m1/s1. The molecular formula is C14H14F2N4O2. The van der Waals surface area contributed by atoms with Crippen LogP contribution in [-0.2, 0) is 9.47 Å². The summed E-state index contributed by atoms with van der Waals surface area (Å²) >= 11 is 0. The van der Waals surface area contributed by atoms with Crippen LogP contribution in [0.5, 0.6) is 0 Å². The fraction of sp³-hybridized carbons (Fsp3) is 0.500. The summed E-state index contributed by atoms with van der Waals surface area (Å²) in [7, 11) is 0. The van der Waals surface area contributed by atoms with E-state index in [1.807, 2.05) is 0 Å². The fourth-order valence-corrected chi connectivity index (χ4v) is 3.08.